The number of rotatable bonds is 10. The Hall–Kier alpha value is -3.26. The minimum absolute atomic E-state index is 0.123. The van der Waals surface area contributed by atoms with Crippen molar-refractivity contribution in [3.05, 3.63) is 52.1 Å². The molecule has 0 bridgehead atoms. The van der Waals surface area contributed by atoms with Gasteiger partial charge in [0.1, 0.15) is 11.5 Å². The zero-order chi connectivity index (χ0) is 24.7. The van der Waals surface area contributed by atoms with Gasteiger partial charge in [-0.1, -0.05) is 13.8 Å². The number of methoxy groups -OCH3 is 3. The third kappa shape index (κ3) is 6.20. The van der Waals surface area contributed by atoms with Gasteiger partial charge in [-0.15, -0.1) is 11.3 Å². The third-order valence-corrected chi connectivity index (χ3v) is 5.65. The summed E-state index contributed by atoms with van der Waals surface area (Å²) in [5.74, 6) is 3.28. The van der Waals surface area contributed by atoms with Crippen molar-refractivity contribution in [1.29, 1.82) is 0 Å². The van der Waals surface area contributed by atoms with Crippen molar-refractivity contribution in [2.45, 2.75) is 33.7 Å². The van der Waals surface area contributed by atoms with Gasteiger partial charge < -0.3 is 18.9 Å². The van der Waals surface area contributed by atoms with Gasteiger partial charge in [-0.25, -0.2) is 4.68 Å². The second-order valence-corrected chi connectivity index (χ2v) is 9.20. The summed E-state index contributed by atoms with van der Waals surface area (Å²) in [6, 6.07) is 11.6. The molecule has 0 saturated heterocycles. The highest BCUT2D eigenvalue weighted by Crippen LogP contribution is 2.34. The van der Waals surface area contributed by atoms with Crippen LogP contribution < -0.4 is 23.7 Å². The number of nitrogens with zero attached hydrogens (tertiary/aromatic N) is 3. The zero-order valence-electron chi connectivity index (χ0n) is 20.9. The number of aromatic nitrogens is 1. The van der Waals surface area contributed by atoms with Crippen LogP contribution in [0.3, 0.4) is 0 Å². The average molecular weight is 484 g/mol. The first kappa shape index (κ1) is 25.4. The van der Waals surface area contributed by atoms with Crippen LogP contribution in [-0.2, 0) is 0 Å². The van der Waals surface area contributed by atoms with Crippen LogP contribution >= 0.6 is 11.3 Å². The van der Waals surface area contributed by atoms with E-state index in [0.29, 0.717) is 24.0 Å². The summed E-state index contributed by atoms with van der Waals surface area (Å²) in [5.41, 5.74) is 2.61. The van der Waals surface area contributed by atoms with E-state index in [-0.39, 0.29) is 6.04 Å². The van der Waals surface area contributed by atoms with Crippen molar-refractivity contribution in [1.82, 2.24) is 4.68 Å². The molecule has 0 amide bonds. The van der Waals surface area contributed by atoms with Crippen molar-refractivity contribution in [2.24, 2.45) is 16.0 Å². The van der Waals surface area contributed by atoms with Gasteiger partial charge in [-0.05, 0) is 61.7 Å². The molecule has 0 N–H and O–H groups in total. The van der Waals surface area contributed by atoms with Crippen LogP contribution in [0.4, 0.5) is 0 Å². The molecule has 0 saturated carbocycles. The molecule has 0 spiro atoms. The molecule has 3 aromatic rings. The van der Waals surface area contributed by atoms with Gasteiger partial charge in [0.2, 0.25) is 4.80 Å². The van der Waals surface area contributed by atoms with E-state index in [4.69, 9.17) is 29.0 Å². The molecule has 2 aromatic carbocycles. The SMILES string of the molecule is COc1ccc(OC)c(-c2csc(=NC(C)C)n2N=Cc2ccc(OCC(C)C)c(OC)c2)c1. The maximum absolute atomic E-state index is 5.87. The van der Waals surface area contributed by atoms with Crippen molar-refractivity contribution in [3.63, 3.8) is 0 Å². The van der Waals surface area contributed by atoms with Crippen molar-refractivity contribution in [2.75, 3.05) is 27.9 Å². The Bertz CT molecular complexity index is 1190. The number of benzene rings is 2. The quantitative estimate of drug-likeness (QED) is 0.359. The Morgan fingerprint density at radius 1 is 0.912 bits per heavy atom. The smallest absolute Gasteiger partial charge is 0.206 e. The summed E-state index contributed by atoms with van der Waals surface area (Å²) in [7, 11) is 4.94. The Labute approximate surface area is 205 Å². The van der Waals surface area contributed by atoms with Gasteiger partial charge in [0.25, 0.3) is 0 Å². The number of hydrogen-bond donors (Lipinski definition) is 0. The molecule has 0 fully saturated rings. The van der Waals surface area contributed by atoms with Gasteiger partial charge in [0.05, 0.1) is 39.8 Å². The molecule has 34 heavy (non-hydrogen) atoms. The van der Waals surface area contributed by atoms with Gasteiger partial charge in [0, 0.05) is 17.0 Å². The average Bonchev–Trinajstić information content (AvgIpc) is 3.22. The molecule has 0 atom stereocenters. The van der Waals surface area contributed by atoms with Crippen LogP contribution in [0.5, 0.6) is 23.0 Å². The predicted octanol–water partition coefficient (Wildman–Crippen LogP) is 5.47. The first-order valence-corrected chi connectivity index (χ1v) is 12.1. The summed E-state index contributed by atoms with van der Waals surface area (Å²) in [4.78, 5) is 5.54. The fourth-order valence-electron chi connectivity index (χ4n) is 3.19. The minimum Gasteiger partial charge on any atom is -0.497 e. The molecule has 0 aliphatic carbocycles. The van der Waals surface area contributed by atoms with E-state index in [1.165, 1.54) is 11.3 Å². The molecule has 0 aliphatic rings. The first-order chi connectivity index (χ1) is 16.4. The largest absolute Gasteiger partial charge is 0.497 e. The minimum atomic E-state index is 0.123. The molecule has 1 aromatic heterocycles. The van der Waals surface area contributed by atoms with Crippen molar-refractivity contribution < 1.29 is 18.9 Å². The fraction of sp³-hybridized carbons (Fsp3) is 0.385. The van der Waals surface area contributed by atoms with E-state index in [1.54, 1.807) is 27.5 Å². The lowest BCUT2D eigenvalue weighted by atomic mass is 10.1. The Kier molecular flexibility index (Phi) is 8.76. The summed E-state index contributed by atoms with van der Waals surface area (Å²) >= 11 is 1.53. The maximum Gasteiger partial charge on any atom is 0.206 e. The standard InChI is InChI=1S/C26H33N3O4S/c1-17(2)15-33-24-10-8-19(12-25(24)32-7)14-27-29-22(16-34-26(29)28-18(3)4)21-13-20(30-5)9-11-23(21)31-6/h8-14,16-18H,15H2,1-7H3. The molecule has 182 valence electrons. The van der Waals surface area contributed by atoms with E-state index < -0.39 is 0 Å². The molecule has 7 nitrogen and oxygen atoms in total. The van der Waals surface area contributed by atoms with Crippen LogP contribution in [0.2, 0.25) is 0 Å². The normalized spacial score (nSPS) is 12.1. The summed E-state index contributed by atoms with van der Waals surface area (Å²) < 4.78 is 24.3. The van der Waals surface area contributed by atoms with E-state index in [0.717, 1.165) is 33.1 Å². The highest BCUT2D eigenvalue weighted by molar-refractivity contribution is 7.07. The highest BCUT2D eigenvalue weighted by atomic mass is 32.1. The number of ether oxygens (including phenoxy) is 4. The molecule has 8 heteroatoms. The highest BCUT2D eigenvalue weighted by Gasteiger charge is 2.14. The second-order valence-electron chi connectivity index (χ2n) is 8.36. The summed E-state index contributed by atoms with van der Waals surface area (Å²) in [5, 5.41) is 6.82. The third-order valence-electron chi connectivity index (χ3n) is 4.82. The van der Waals surface area contributed by atoms with E-state index in [1.807, 2.05) is 60.3 Å². The monoisotopic (exact) mass is 483 g/mol. The molecule has 1 heterocycles. The molecular weight excluding hydrogens is 450 g/mol. The van der Waals surface area contributed by atoms with Gasteiger partial charge in [-0.3, -0.25) is 4.99 Å². The van der Waals surface area contributed by atoms with Crippen LogP contribution in [0.25, 0.3) is 11.3 Å². The molecule has 0 aliphatic heterocycles. The molecule has 0 unspecified atom stereocenters. The van der Waals surface area contributed by atoms with Crippen LogP contribution in [0.1, 0.15) is 33.3 Å². The van der Waals surface area contributed by atoms with Gasteiger partial charge >= 0.3 is 0 Å². The molecule has 0 radical (unpaired) electrons. The Morgan fingerprint density at radius 2 is 1.65 bits per heavy atom. The lowest BCUT2D eigenvalue weighted by molar-refractivity contribution is 0.257. The first-order valence-electron chi connectivity index (χ1n) is 11.2. The zero-order valence-corrected chi connectivity index (χ0v) is 21.7. The van der Waals surface area contributed by atoms with Crippen molar-refractivity contribution in [3.8, 4) is 34.3 Å². The lowest BCUT2D eigenvalue weighted by Gasteiger charge is -2.13. The van der Waals surface area contributed by atoms with Crippen LogP contribution in [0, 0.1) is 5.92 Å². The lowest BCUT2D eigenvalue weighted by Crippen LogP contribution is -2.14. The summed E-state index contributed by atoms with van der Waals surface area (Å²) in [6.07, 6.45) is 1.79. The Balaban J connectivity index is 2.06. The number of hydrogen-bond acceptors (Lipinski definition) is 7. The van der Waals surface area contributed by atoms with Gasteiger partial charge in [-0.2, -0.15) is 5.10 Å². The molecule has 3 rings (SSSR count). The van der Waals surface area contributed by atoms with E-state index in [9.17, 15) is 0 Å². The molecular formula is C26H33N3O4S. The van der Waals surface area contributed by atoms with Crippen molar-refractivity contribution >= 4 is 17.6 Å². The van der Waals surface area contributed by atoms with Crippen LogP contribution in [-0.4, -0.2) is 44.9 Å². The second kappa shape index (κ2) is 11.7. The predicted molar refractivity (Wildman–Crippen MR) is 138 cm³/mol. The van der Waals surface area contributed by atoms with Gasteiger partial charge in [0.15, 0.2) is 11.5 Å². The van der Waals surface area contributed by atoms with E-state index >= 15 is 0 Å². The Morgan fingerprint density at radius 3 is 2.29 bits per heavy atom. The fourth-order valence-corrected chi connectivity index (χ4v) is 4.15. The van der Waals surface area contributed by atoms with Crippen LogP contribution in [0.15, 0.2) is 51.9 Å². The number of thiazole rings is 1. The topological polar surface area (TPSA) is 66.6 Å². The summed E-state index contributed by atoms with van der Waals surface area (Å²) in [6.45, 7) is 8.93. The maximum atomic E-state index is 5.87. The van der Waals surface area contributed by atoms with E-state index in [2.05, 4.69) is 13.8 Å².